The van der Waals surface area contributed by atoms with Gasteiger partial charge in [-0.1, -0.05) is 36.4 Å². The smallest absolute Gasteiger partial charge is 0.168 e. The highest BCUT2D eigenvalue weighted by atomic mass is 32.2. The second-order valence-corrected chi connectivity index (χ2v) is 4.99. The minimum atomic E-state index is 0.316. The van der Waals surface area contributed by atoms with Gasteiger partial charge in [0.05, 0.1) is 0 Å². The first-order valence-electron chi connectivity index (χ1n) is 5.62. The third-order valence-electron chi connectivity index (χ3n) is 2.96. The van der Waals surface area contributed by atoms with Gasteiger partial charge in [-0.2, -0.15) is 0 Å². The van der Waals surface area contributed by atoms with Crippen LogP contribution in [0.4, 0.5) is 0 Å². The maximum Gasteiger partial charge on any atom is 0.168 e. The Bertz CT molecular complexity index is 394. The quantitative estimate of drug-likeness (QED) is 0.794. The maximum absolute atomic E-state index is 11.5. The number of hydrogen-bond donors (Lipinski definition) is 0. The molecule has 2 heteroatoms. The highest BCUT2D eigenvalue weighted by Gasteiger charge is 2.19. The summed E-state index contributed by atoms with van der Waals surface area (Å²) in [6.07, 6.45) is 6.90. The Morgan fingerprint density at radius 2 is 2.06 bits per heavy atom. The van der Waals surface area contributed by atoms with Crippen LogP contribution in [0.1, 0.15) is 18.4 Å². The van der Waals surface area contributed by atoms with Crippen molar-refractivity contribution in [1.82, 2.24) is 0 Å². The Hall–Kier alpha value is -1.02. The van der Waals surface area contributed by atoms with Gasteiger partial charge in [-0.25, -0.2) is 0 Å². The molecule has 1 atom stereocenters. The Kier molecular flexibility index (Phi) is 3.83. The zero-order valence-corrected chi connectivity index (χ0v) is 10.3. The van der Waals surface area contributed by atoms with Crippen LogP contribution in [0.3, 0.4) is 0 Å². The van der Waals surface area contributed by atoms with Gasteiger partial charge in [0.25, 0.3) is 0 Å². The zero-order chi connectivity index (χ0) is 11.4. The molecule has 1 unspecified atom stereocenters. The molecule has 0 saturated heterocycles. The van der Waals surface area contributed by atoms with Gasteiger partial charge in [-0.05, 0) is 30.6 Å². The molecule has 0 radical (unpaired) electrons. The van der Waals surface area contributed by atoms with Crippen molar-refractivity contribution in [3.63, 3.8) is 0 Å². The van der Waals surface area contributed by atoms with Crippen molar-refractivity contribution in [1.29, 1.82) is 0 Å². The van der Waals surface area contributed by atoms with Gasteiger partial charge in [-0.3, -0.25) is 4.79 Å². The summed E-state index contributed by atoms with van der Waals surface area (Å²) in [5.74, 6) is 0.847. The molecule has 0 spiro atoms. The predicted molar refractivity (Wildman–Crippen MR) is 69.5 cm³/mol. The first kappa shape index (κ1) is 11.5. The highest BCUT2D eigenvalue weighted by molar-refractivity contribution is 8.03. The molecule has 0 aromatic heterocycles. The van der Waals surface area contributed by atoms with Gasteiger partial charge < -0.3 is 0 Å². The molecule has 1 aliphatic rings. The number of rotatable bonds is 3. The second-order valence-electron chi connectivity index (χ2n) is 4.15. The monoisotopic (exact) mass is 232 g/mol. The van der Waals surface area contributed by atoms with Crippen molar-refractivity contribution in [2.45, 2.75) is 19.3 Å². The Balaban J connectivity index is 2.07. The molecule has 0 heterocycles. The first-order chi connectivity index (χ1) is 7.79. The van der Waals surface area contributed by atoms with E-state index in [-0.39, 0.29) is 0 Å². The lowest BCUT2D eigenvalue weighted by atomic mass is 9.89. The van der Waals surface area contributed by atoms with Crippen molar-refractivity contribution >= 4 is 17.5 Å². The number of benzene rings is 1. The number of carbonyl (C=O) groups excluding carboxylic acids is 1. The summed E-state index contributed by atoms with van der Waals surface area (Å²) in [6.45, 7) is 0. The van der Waals surface area contributed by atoms with E-state index in [1.54, 1.807) is 11.8 Å². The van der Waals surface area contributed by atoms with Gasteiger partial charge in [-0.15, -0.1) is 11.8 Å². The van der Waals surface area contributed by atoms with Gasteiger partial charge >= 0.3 is 0 Å². The van der Waals surface area contributed by atoms with Crippen LogP contribution in [0.2, 0.25) is 0 Å². The Labute approximate surface area is 101 Å². The molecule has 16 heavy (non-hydrogen) atoms. The summed E-state index contributed by atoms with van der Waals surface area (Å²) >= 11 is 1.58. The van der Waals surface area contributed by atoms with Crippen LogP contribution in [0.25, 0.3) is 0 Å². The van der Waals surface area contributed by atoms with Crippen molar-refractivity contribution in [2.24, 2.45) is 5.92 Å². The fourth-order valence-electron chi connectivity index (χ4n) is 2.09. The molecule has 0 fully saturated rings. The SMILES string of the molecule is CSC1=CC(Cc2ccccc2)CCC1=O. The standard InChI is InChI=1S/C14H16OS/c1-16-14-10-12(7-8-13(14)15)9-11-5-3-2-4-6-11/h2-6,10,12H,7-9H2,1H3. The van der Waals surface area contributed by atoms with Crippen LogP contribution in [0.15, 0.2) is 41.3 Å². The molecular weight excluding hydrogens is 216 g/mol. The van der Waals surface area contributed by atoms with Crippen LogP contribution < -0.4 is 0 Å². The van der Waals surface area contributed by atoms with Gasteiger partial charge in [0, 0.05) is 11.3 Å². The zero-order valence-electron chi connectivity index (χ0n) is 9.48. The van der Waals surface area contributed by atoms with Crippen LogP contribution in [-0.2, 0) is 11.2 Å². The highest BCUT2D eigenvalue weighted by Crippen LogP contribution is 2.28. The minimum Gasteiger partial charge on any atom is -0.294 e. The van der Waals surface area contributed by atoms with Crippen LogP contribution >= 0.6 is 11.8 Å². The maximum atomic E-state index is 11.5. The fourth-order valence-corrected chi connectivity index (χ4v) is 2.75. The van der Waals surface area contributed by atoms with E-state index in [4.69, 9.17) is 0 Å². The number of thioether (sulfide) groups is 1. The normalized spacial score (nSPS) is 20.7. The lowest BCUT2D eigenvalue weighted by molar-refractivity contribution is -0.115. The third-order valence-corrected chi connectivity index (χ3v) is 3.77. The summed E-state index contributed by atoms with van der Waals surface area (Å²) in [4.78, 5) is 12.5. The van der Waals surface area contributed by atoms with Crippen molar-refractivity contribution in [3.05, 3.63) is 46.9 Å². The summed E-state index contributed by atoms with van der Waals surface area (Å²) in [5.41, 5.74) is 1.36. The average molecular weight is 232 g/mol. The molecule has 1 aromatic rings. The summed E-state index contributed by atoms with van der Waals surface area (Å²) in [7, 11) is 0. The summed E-state index contributed by atoms with van der Waals surface area (Å²) in [6, 6.07) is 10.5. The summed E-state index contributed by atoms with van der Waals surface area (Å²) in [5, 5.41) is 0. The van der Waals surface area contributed by atoms with Gasteiger partial charge in [0.1, 0.15) is 0 Å². The number of allylic oxidation sites excluding steroid dienone is 2. The van der Waals surface area contributed by atoms with E-state index in [2.05, 4.69) is 30.3 Å². The predicted octanol–water partition coefficient (Wildman–Crippen LogP) is 3.46. The molecule has 1 nitrogen and oxygen atoms in total. The van der Waals surface area contributed by atoms with E-state index in [9.17, 15) is 4.79 Å². The molecular formula is C14H16OS. The van der Waals surface area contributed by atoms with E-state index >= 15 is 0 Å². The second kappa shape index (κ2) is 5.35. The molecule has 84 valence electrons. The summed E-state index contributed by atoms with van der Waals surface area (Å²) < 4.78 is 0. The topological polar surface area (TPSA) is 17.1 Å². The molecule has 0 bridgehead atoms. The van der Waals surface area contributed by atoms with Gasteiger partial charge in [0.15, 0.2) is 5.78 Å². The number of Topliss-reactive ketones (excluding diaryl/α,β-unsaturated/α-hetero) is 1. The van der Waals surface area contributed by atoms with Crippen molar-refractivity contribution in [3.8, 4) is 0 Å². The fraction of sp³-hybridized carbons (Fsp3) is 0.357. The molecule has 0 N–H and O–H groups in total. The van der Waals surface area contributed by atoms with Crippen LogP contribution in [-0.4, -0.2) is 12.0 Å². The largest absolute Gasteiger partial charge is 0.294 e. The van der Waals surface area contributed by atoms with E-state index < -0.39 is 0 Å². The number of ketones is 1. The van der Waals surface area contributed by atoms with Crippen LogP contribution in [0, 0.1) is 5.92 Å². The third kappa shape index (κ3) is 2.76. The Morgan fingerprint density at radius 1 is 1.31 bits per heavy atom. The number of hydrogen-bond acceptors (Lipinski definition) is 2. The molecule has 0 saturated carbocycles. The van der Waals surface area contributed by atoms with E-state index in [0.29, 0.717) is 18.1 Å². The van der Waals surface area contributed by atoms with Crippen molar-refractivity contribution in [2.75, 3.05) is 6.26 Å². The van der Waals surface area contributed by atoms with E-state index in [1.165, 1.54) is 5.56 Å². The number of carbonyl (C=O) groups is 1. The minimum absolute atomic E-state index is 0.316. The average Bonchev–Trinajstić information content (AvgIpc) is 2.33. The first-order valence-corrected chi connectivity index (χ1v) is 6.85. The van der Waals surface area contributed by atoms with Crippen LogP contribution in [0.5, 0.6) is 0 Å². The molecule has 2 rings (SSSR count). The van der Waals surface area contributed by atoms with Crippen molar-refractivity contribution < 1.29 is 4.79 Å². The molecule has 0 aliphatic heterocycles. The molecule has 0 amide bonds. The lowest BCUT2D eigenvalue weighted by Gasteiger charge is -2.19. The van der Waals surface area contributed by atoms with E-state index in [1.807, 2.05) is 12.3 Å². The molecule has 1 aromatic carbocycles. The molecule has 1 aliphatic carbocycles. The Morgan fingerprint density at radius 3 is 2.75 bits per heavy atom. The van der Waals surface area contributed by atoms with E-state index in [0.717, 1.165) is 17.7 Å². The lowest BCUT2D eigenvalue weighted by Crippen LogP contribution is -2.13. The van der Waals surface area contributed by atoms with Gasteiger partial charge in [0.2, 0.25) is 0 Å².